The Morgan fingerprint density at radius 1 is 1.00 bits per heavy atom. The number of carbonyl (C=O) groups is 1. The number of hydrogen-bond acceptors (Lipinski definition) is 3. The Kier molecular flexibility index (Phi) is 3.85. The van der Waals surface area contributed by atoms with E-state index in [1.165, 1.54) is 12.1 Å². The minimum atomic E-state index is -0.350. The number of aromatic nitrogens is 2. The number of nitrogen functional groups attached to an aromatic ring is 1. The zero-order valence-electron chi connectivity index (χ0n) is 13.7. The molecule has 2 heterocycles. The number of nitrogens with zero attached hydrogens (tertiary/aromatic N) is 2. The van der Waals surface area contributed by atoms with E-state index >= 15 is 0 Å². The van der Waals surface area contributed by atoms with Gasteiger partial charge in [-0.25, -0.2) is 8.91 Å². The Labute approximate surface area is 148 Å². The van der Waals surface area contributed by atoms with Crippen LogP contribution in [0.15, 0.2) is 72.9 Å². The highest BCUT2D eigenvalue weighted by atomic mass is 19.1. The fraction of sp³-hybridized carbons (Fsp3) is 0. The Bertz CT molecular complexity index is 1070. The SMILES string of the molecule is Nc1ccc(-c2ccc(F)cc2)cc1NC(=O)c1cc2ccccn2n1. The van der Waals surface area contributed by atoms with Crippen LogP contribution in [0.2, 0.25) is 0 Å². The Balaban J connectivity index is 1.63. The highest BCUT2D eigenvalue weighted by Gasteiger charge is 2.13. The van der Waals surface area contributed by atoms with Gasteiger partial charge in [0.05, 0.1) is 16.9 Å². The predicted octanol–water partition coefficient (Wildman–Crippen LogP) is 3.97. The Hall–Kier alpha value is -3.67. The van der Waals surface area contributed by atoms with E-state index < -0.39 is 0 Å². The van der Waals surface area contributed by atoms with Gasteiger partial charge in [0, 0.05) is 6.20 Å². The molecule has 0 fully saturated rings. The average molecular weight is 346 g/mol. The molecule has 0 radical (unpaired) electrons. The molecule has 2 aromatic carbocycles. The number of nitrogens with one attached hydrogen (secondary N) is 1. The Morgan fingerprint density at radius 3 is 2.54 bits per heavy atom. The van der Waals surface area contributed by atoms with Crippen LogP contribution in [-0.2, 0) is 0 Å². The molecule has 0 aliphatic heterocycles. The first-order valence-electron chi connectivity index (χ1n) is 8.01. The van der Waals surface area contributed by atoms with Crippen molar-refractivity contribution in [1.29, 1.82) is 0 Å². The van der Waals surface area contributed by atoms with Crippen LogP contribution in [0.3, 0.4) is 0 Å². The summed E-state index contributed by atoms with van der Waals surface area (Å²) in [5, 5.41) is 7.05. The van der Waals surface area contributed by atoms with Gasteiger partial charge < -0.3 is 11.1 Å². The second-order valence-corrected chi connectivity index (χ2v) is 5.86. The molecule has 128 valence electrons. The number of fused-ring (bicyclic) bond motifs is 1. The fourth-order valence-electron chi connectivity index (χ4n) is 2.72. The first-order chi connectivity index (χ1) is 12.6. The number of hydrogen-bond donors (Lipinski definition) is 2. The van der Waals surface area contributed by atoms with E-state index in [-0.39, 0.29) is 11.7 Å². The van der Waals surface area contributed by atoms with Crippen LogP contribution in [0.4, 0.5) is 15.8 Å². The molecule has 0 aliphatic carbocycles. The summed E-state index contributed by atoms with van der Waals surface area (Å²) in [4.78, 5) is 12.5. The summed E-state index contributed by atoms with van der Waals surface area (Å²) in [6.07, 6.45) is 1.77. The van der Waals surface area contributed by atoms with E-state index in [2.05, 4.69) is 10.4 Å². The average Bonchev–Trinajstić information content (AvgIpc) is 3.09. The zero-order valence-corrected chi connectivity index (χ0v) is 13.7. The molecule has 0 unspecified atom stereocenters. The molecular weight excluding hydrogens is 331 g/mol. The second-order valence-electron chi connectivity index (χ2n) is 5.86. The molecule has 1 amide bonds. The maximum absolute atomic E-state index is 13.1. The largest absolute Gasteiger partial charge is 0.397 e. The number of pyridine rings is 1. The molecule has 0 atom stereocenters. The third-order valence-electron chi connectivity index (χ3n) is 4.08. The number of rotatable bonds is 3. The van der Waals surface area contributed by atoms with Gasteiger partial charge in [-0.2, -0.15) is 5.10 Å². The summed E-state index contributed by atoms with van der Waals surface area (Å²) in [7, 11) is 0. The lowest BCUT2D eigenvalue weighted by atomic mass is 10.0. The number of carbonyl (C=O) groups excluding carboxylic acids is 1. The summed E-state index contributed by atoms with van der Waals surface area (Å²) in [5.74, 6) is -0.652. The summed E-state index contributed by atoms with van der Waals surface area (Å²) >= 11 is 0. The van der Waals surface area contributed by atoms with Gasteiger partial charge in [-0.15, -0.1) is 0 Å². The van der Waals surface area contributed by atoms with Crippen molar-refractivity contribution >= 4 is 22.8 Å². The lowest BCUT2D eigenvalue weighted by Crippen LogP contribution is -2.14. The Morgan fingerprint density at radius 2 is 1.77 bits per heavy atom. The summed E-state index contributed by atoms with van der Waals surface area (Å²) in [5.41, 5.74) is 9.68. The molecule has 5 nitrogen and oxygen atoms in total. The normalized spacial score (nSPS) is 10.8. The number of nitrogens with two attached hydrogens (primary N) is 1. The number of halogens is 1. The van der Waals surface area contributed by atoms with Crippen molar-refractivity contribution in [1.82, 2.24) is 9.61 Å². The van der Waals surface area contributed by atoms with E-state index in [4.69, 9.17) is 5.73 Å². The lowest BCUT2D eigenvalue weighted by Gasteiger charge is -2.10. The van der Waals surface area contributed by atoms with Crippen molar-refractivity contribution in [3.8, 4) is 11.1 Å². The topological polar surface area (TPSA) is 72.4 Å². The molecule has 4 rings (SSSR count). The van der Waals surface area contributed by atoms with Gasteiger partial charge in [0.1, 0.15) is 5.82 Å². The highest BCUT2D eigenvalue weighted by molar-refractivity contribution is 6.05. The standard InChI is InChI=1S/C20H15FN4O/c21-15-7-4-13(5-8-15)14-6-9-17(22)18(11-14)23-20(26)19-12-16-3-1-2-10-25(16)24-19/h1-12H,22H2,(H,23,26). The molecule has 26 heavy (non-hydrogen) atoms. The van der Waals surface area contributed by atoms with Gasteiger partial charge in [-0.05, 0) is 53.6 Å². The van der Waals surface area contributed by atoms with Gasteiger partial charge in [0.2, 0.25) is 0 Å². The first kappa shape index (κ1) is 15.8. The van der Waals surface area contributed by atoms with Gasteiger partial charge in [-0.3, -0.25) is 4.79 Å². The predicted molar refractivity (Wildman–Crippen MR) is 99.4 cm³/mol. The van der Waals surface area contributed by atoms with Crippen LogP contribution in [0.25, 0.3) is 16.6 Å². The van der Waals surface area contributed by atoms with Gasteiger partial charge in [-0.1, -0.05) is 24.3 Å². The molecule has 3 N–H and O–H groups in total. The van der Waals surface area contributed by atoms with Crippen LogP contribution in [0.1, 0.15) is 10.5 Å². The zero-order chi connectivity index (χ0) is 18.1. The van der Waals surface area contributed by atoms with E-state index in [9.17, 15) is 9.18 Å². The van der Waals surface area contributed by atoms with Crippen molar-refractivity contribution in [2.24, 2.45) is 0 Å². The van der Waals surface area contributed by atoms with E-state index in [0.29, 0.717) is 17.1 Å². The smallest absolute Gasteiger partial charge is 0.276 e. The second kappa shape index (κ2) is 6.33. The lowest BCUT2D eigenvalue weighted by molar-refractivity contribution is 0.102. The van der Waals surface area contributed by atoms with Crippen LogP contribution in [0, 0.1) is 5.82 Å². The van der Waals surface area contributed by atoms with Crippen molar-refractivity contribution in [2.75, 3.05) is 11.1 Å². The number of amides is 1. The number of benzene rings is 2. The van der Waals surface area contributed by atoms with Crippen molar-refractivity contribution in [3.63, 3.8) is 0 Å². The van der Waals surface area contributed by atoms with E-state index in [0.717, 1.165) is 16.6 Å². The van der Waals surface area contributed by atoms with Crippen molar-refractivity contribution in [2.45, 2.75) is 0 Å². The third-order valence-corrected chi connectivity index (χ3v) is 4.08. The minimum absolute atomic E-state index is 0.294. The minimum Gasteiger partial charge on any atom is -0.397 e. The molecule has 0 saturated carbocycles. The van der Waals surface area contributed by atoms with Crippen LogP contribution < -0.4 is 11.1 Å². The maximum atomic E-state index is 13.1. The molecule has 6 heteroatoms. The van der Waals surface area contributed by atoms with Crippen molar-refractivity contribution in [3.05, 3.63) is 84.4 Å². The molecule has 0 aliphatic rings. The maximum Gasteiger partial charge on any atom is 0.276 e. The molecule has 0 saturated heterocycles. The third kappa shape index (κ3) is 3.00. The highest BCUT2D eigenvalue weighted by Crippen LogP contribution is 2.28. The number of anilines is 2. The van der Waals surface area contributed by atoms with Crippen LogP contribution >= 0.6 is 0 Å². The molecule has 4 aromatic rings. The fourth-order valence-corrected chi connectivity index (χ4v) is 2.72. The van der Waals surface area contributed by atoms with Crippen LogP contribution in [-0.4, -0.2) is 15.5 Å². The van der Waals surface area contributed by atoms with E-state index in [1.807, 2.05) is 24.3 Å². The molecular formula is C20H15FN4O. The summed E-state index contributed by atoms with van der Waals surface area (Å²) in [6.45, 7) is 0. The molecule has 2 aromatic heterocycles. The van der Waals surface area contributed by atoms with Crippen molar-refractivity contribution < 1.29 is 9.18 Å². The first-order valence-corrected chi connectivity index (χ1v) is 8.01. The monoisotopic (exact) mass is 346 g/mol. The van der Waals surface area contributed by atoms with Gasteiger partial charge >= 0.3 is 0 Å². The van der Waals surface area contributed by atoms with Gasteiger partial charge in [0.25, 0.3) is 5.91 Å². The quantitative estimate of drug-likeness (QED) is 0.551. The van der Waals surface area contributed by atoms with Crippen LogP contribution in [0.5, 0.6) is 0 Å². The molecule has 0 spiro atoms. The molecule has 0 bridgehead atoms. The van der Waals surface area contributed by atoms with Gasteiger partial charge in [0.15, 0.2) is 5.69 Å². The summed E-state index contributed by atoms with van der Waals surface area (Å²) in [6, 6.07) is 18.7. The summed E-state index contributed by atoms with van der Waals surface area (Å²) < 4.78 is 14.7. The van der Waals surface area contributed by atoms with E-state index in [1.54, 1.807) is 41.0 Å².